The number of methoxy groups -OCH3 is 1. The van der Waals surface area contributed by atoms with Crippen LogP contribution in [0.25, 0.3) is 11.1 Å². The Labute approximate surface area is 217 Å². The number of carbonyl (C=O) groups is 4. The third kappa shape index (κ3) is 5.65. The highest BCUT2D eigenvalue weighted by Crippen LogP contribution is 2.37. The Bertz CT molecular complexity index is 1440. The second-order valence-electron chi connectivity index (χ2n) is 7.86. The normalized spacial score (nSPS) is 10.4. The average Bonchev–Trinajstić information content (AvgIpc) is 3.36. The molecule has 0 atom stereocenters. The van der Waals surface area contributed by atoms with Crippen molar-refractivity contribution in [3.05, 3.63) is 106 Å². The number of ether oxygens (including phenoxy) is 2. The Kier molecular flexibility index (Phi) is 7.90. The number of Topliss-reactive ketones (excluding diaryl/α,β-unsaturated/α-hetero) is 2. The Hall–Kier alpha value is -4.56. The molecule has 0 spiro atoms. The van der Waals surface area contributed by atoms with Crippen molar-refractivity contribution in [2.45, 2.75) is 6.92 Å². The lowest BCUT2D eigenvalue weighted by Crippen LogP contribution is -2.16. The summed E-state index contributed by atoms with van der Waals surface area (Å²) in [5.74, 6) is -1.63. The largest absolute Gasteiger partial charge is 0.497 e. The summed E-state index contributed by atoms with van der Waals surface area (Å²) >= 11 is 1.20. The number of amides is 1. The first-order valence-electron chi connectivity index (χ1n) is 11.4. The number of rotatable bonds is 9. The summed E-state index contributed by atoms with van der Waals surface area (Å²) in [6.45, 7) is 1.89. The van der Waals surface area contributed by atoms with E-state index < -0.39 is 23.4 Å². The number of thiophene rings is 1. The van der Waals surface area contributed by atoms with Crippen LogP contribution < -0.4 is 10.1 Å². The van der Waals surface area contributed by atoms with Crippen molar-refractivity contribution in [2.75, 3.05) is 19.0 Å². The summed E-state index contributed by atoms with van der Waals surface area (Å²) in [5.41, 5.74) is 2.39. The van der Waals surface area contributed by atoms with Gasteiger partial charge in [0, 0.05) is 27.6 Å². The molecule has 1 N–H and O–H groups in total. The van der Waals surface area contributed by atoms with Crippen LogP contribution in [0, 0.1) is 0 Å². The van der Waals surface area contributed by atoms with Gasteiger partial charge in [-0.25, -0.2) is 4.79 Å². The molecule has 0 fully saturated rings. The third-order valence-corrected chi connectivity index (χ3v) is 6.45. The van der Waals surface area contributed by atoms with Gasteiger partial charge >= 0.3 is 5.97 Å². The van der Waals surface area contributed by atoms with E-state index in [0.29, 0.717) is 21.9 Å². The second kappa shape index (κ2) is 11.5. The van der Waals surface area contributed by atoms with Gasteiger partial charge in [0.1, 0.15) is 16.3 Å². The minimum Gasteiger partial charge on any atom is -0.497 e. The van der Waals surface area contributed by atoms with Crippen LogP contribution in [0.15, 0.2) is 84.2 Å². The zero-order valence-electron chi connectivity index (χ0n) is 20.1. The Morgan fingerprint density at radius 2 is 1.38 bits per heavy atom. The number of esters is 1. The van der Waals surface area contributed by atoms with Crippen molar-refractivity contribution in [3.63, 3.8) is 0 Å². The molecular weight excluding hydrogens is 490 g/mol. The highest BCUT2D eigenvalue weighted by molar-refractivity contribution is 7.15. The van der Waals surface area contributed by atoms with E-state index in [1.807, 2.05) is 12.1 Å². The van der Waals surface area contributed by atoms with Crippen molar-refractivity contribution in [1.82, 2.24) is 0 Å². The maximum Gasteiger partial charge on any atom is 0.341 e. The first-order chi connectivity index (χ1) is 17.9. The molecule has 0 radical (unpaired) electrons. The summed E-state index contributed by atoms with van der Waals surface area (Å²) in [4.78, 5) is 50.8. The lowest BCUT2D eigenvalue weighted by Gasteiger charge is -2.09. The van der Waals surface area contributed by atoms with Gasteiger partial charge in [0.05, 0.1) is 13.7 Å². The molecule has 4 rings (SSSR count). The van der Waals surface area contributed by atoms with Gasteiger partial charge in [-0.15, -0.1) is 11.3 Å². The van der Waals surface area contributed by atoms with E-state index in [-0.39, 0.29) is 23.3 Å². The number of ketones is 2. The summed E-state index contributed by atoms with van der Waals surface area (Å²) in [6, 6.07) is 21.3. The van der Waals surface area contributed by atoms with Crippen LogP contribution in [-0.4, -0.2) is 37.2 Å². The first kappa shape index (κ1) is 25.5. The Balaban J connectivity index is 1.56. The summed E-state index contributed by atoms with van der Waals surface area (Å²) in [5, 5.41) is 4.90. The summed E-state index contributed by atoms with van der Waals surface area (Å²) in [7, 11) is 1.57. The monoisotopic (exact) mass is 513 g/mol. The van der Waals surface area contributed by atoms with Crippen LogP contribution in [-0.2, 0) is 4.74 Å². The van der Waals surface area contributed by atoms with Crippen molar-refractivity contribution in [2.24, 2.45) is 0 Å². The molecule has 0 aliphatic heterocycles. The van der Waals surface area contributed by atoms with Crippen LogP contribution in [0.1, 0.15) is 48.4 Å². The molecule has 186 valence electrons. The molecule has 0 unspecified atom stereocenters. The number of anilines is 1. The highest BCUT2D eigenvalue weighted by atomic mass is 32.1. The van der Waals surface area contributed by atoms with E-state index in [1.54, 1.807) is 61.9 Å². The van der Waals surface area contributed by atoms with E-state index in [4.69, 9.17) is 9.47 Å². The molecule has 0 bridgehead atoms. The minimum atomic E-state index is -0.662. The number of benzene rings is 3. The van der Waals surface area contributed by atoms with Crippen molar-refractivity contribution < 1.29 is 28.7 Å². The SMILES string of the molecule is CCOC(=O)c1c(-c2ccc(OC)cc2)csc1NC(=O)c1ccc(C(=O)C(=O)c2ccccc2)cc1. The molecule has 1 amide bonds. The third-order valence-electron chi connectivity index (χ3n) is 5.55. The van der Waals surface area contributed by atoms with Crippen LogP contribution >= 0.6 is 11.3 Å². The van der Waals surface area contributed by atoms with Crippen molar-refractivity contribution >= 4 is 39.8 Å². The second-order valence-corrected chi connectivity index (χ2v) is 8.74. The van der Waals surface area contributed by atoms with Gasteiger partial charge in [0.15, 0.2) is 0 Å². The number of hydrogen-bond donors (Lipinski definition) is 1. The molecule has 37 heavy (non-hydrogen) atoms. The fourth-order valence-electron chi connectivity index (χ4n) is 3.64. The number of hydrogen-bond acceptors (Lipinski definition) is 7. The molecule has 3 aromatic carbocycles. The van der Waals surface area contributed by atoms with Crippen LogP contribution in [0.5, 0.6) is 5.75 Å². The number of carbonyl (C=O) groups excluding carboxylic acids is 4. The standard InChI is InChI=1S/C29H23NO6S/c1-3-36-29(34)24-23(18-13-15-22(35-2)16-14-18)17-37-28(24)30-27(33)21-11-9-20(10-12-21)26(32)25(31)19-7-5-4-6-8-19/h4-17H,3H2,1-2H3,(H,30,33). The quantitative estimate of drug-likeness (QED) is 0.170. The predicted molar refractivity (Wildman–Crippen MR) is 142 cm³/mol. The van der Waals surface area contributed by atoms with Crippen LogP contribution in [0.3, 0.4) is 0 Å². The fourth-order valence-corrected chi connectivity index (χ4v) is 4.59. The minimum absolute atomic E-state index is 0.176. The van der Waals surface area contributed by atoms with Crippen LogP contribution in [0.2, 0.25) is 0 Å². The summed E-state index contributed by atoms with van der Waals surface area (Å²) in [6.07, 6.45) is 0. The van der Waals surface area contributed by atoms with Gasteiger partial charge in [-0.3, -0.25) is 14.4 Å². The topological polar surface area (TPSA) is 98.8 Å². The highest BCUT2D eigenvalue weighted by Gasteiger charge is 2.24. The maximum atomic E-state index is 13.0. The van der Waals surface area contributed by atoms with E-state index in [0.717, 1.165) is 5.56 Å². The molecule has 4 aromatic rings. The first-order valence-corrected chi connectivity index (χ1v) is 12.3. The summed E-state index contributed by atoms with van der Waals surface area (Å²) < 4.78 is 10.4. The molecule has 7 nitrogen and oxygen atoms in total. The molecule has 1 heterocycles. The van der Waals surface area contributed by atoms with Gasteiger partial charge in [0.25, 0.3) is 5.91 Å². The zero-order valence-corrected chi connectivity index (χ0v) is 21.0. The zero-order chi connectivity index (χ0) is 26.4. The fraction of sp³-hybridized carbons (Fsp3) is 0.103. The molecule has 0 saturated carbocycles. The number of nitrogens with one attached hydrogen (secondary N) is 1. The van der Waals surface area contributed by atoms with Crippen LogP contribution in [0.4, 0.5) is 5.00 Å². The molecule has 0 aliphatic carbocycles. The lowest BCUT2D eigenvalue weighted by molar-refractivity contribution is 0.0529. The van der Waals surface area contributed by atoms with Crippen molar-refractivity contribution in [1.29, 1.82) is 0 Å². The van der Waals surface area contributed by atoms with Gasteiger partial charge in [-0.2, -0.15) is 0 Å². The average molecular weight is 514 g/mol. The van der Waals surface area contributed by atoms with Gasteiger partial charge in [-0.05, 0) is 36.8 Å². The van der Waals surface area contributed by atoms with E-state index >= 15 is 0 Å². The van der Waals surface area contributed by atoms with E-state index in [9.17, 15) is 19.2 Å². The van der Waals surface area contributed by atoms with Gasteiger partial charge < -0.3 is 14.8 Å². The predicted octanol–water partition coefficient (Wildman–Crippen LogP) is 5.92. The maximum absolute atomic E-state index is 13.0. The molecule has 0 aliphatic rings. The lowest BCUT2D eigenvalue weighted by atomic mass is 10.0. The molecule has 1 aromatic heterocycles. The molecule has 0 saturated heterocycles. The Morgan fingerprint density at radius 1 is 0.784 bits per heavy atom. The van der Waals surface area contributed by atoms with Gasteiger partial charge in [-0.1, -0.05) is 54.6 Å². The van der Waals surface area contributed by atoms with Gasteiger partial charge in [0.2, 0.25) is 11.6 Å². The molecular formula is C29H23NO6S. The van der Waals surface area contributed by atoms with Crippen molar-refractivity contribution in [3.8, 4) is 16.9 Å². The Morgan fingerprint density at radius 3 is 1.97 bits per heavy atom. The van der Waals surface area contributed by atoms with E-state index in [1.165, 1.54) is 35.6 Å². The van der Waals surface area contributed by atoms with E-state index in [2.05, 4.69) is 5.32 Å². The molecule has 8 heteroatoms. The smallest absolute Gasteiger partial charge is 0.341 e.